The van der Waals surface area contributed by atoms with Gasteiger partial charge in [-0.05, 0) is 93.8 Å². The van der Waals surface area contributed by atoms with E-state index in [1.807, 2.05) is 13.0 Å². The van der Waals surface area contributed by atoms with Gasteiger partial charge < -0.3 is 9.64 Å². The molecule has 1 N–H and O–H groups in total. The molecule has 2 spiro atoms. The smallest absolute Gasteiger partial charge is 0.410 e. The maximum absolute atomic E-state index is 12.5. The standard InChI is InChI=1S/C26H37N3O4S/c1-3-33-24(30)29-23-9-8-18-16-19(17-26(18,23)29)28-14-12-25(13-15-28)11-10-22(27-34(2,31)32)20-6-4-5-7-21(20)25/h4-7,18-19,22-23,27H,3,8-17H2,1-2H3/t18?,19?,22-,23?,26?,29?/m0/s1. The minimum Gasteiger partial charge on any atom is -0.450 e. The first kappa shape index (κ1) is 22.8. The molecule has 1 amide bonds. The Morgan fingerprint density at radius 2 is 1.91 bits per heavy atom. The van der Waals surface area contributed by atoms with E-state index in [1.165, 1.54) is 24.7 Å². The Morgan fingerprint density at radius 1 is 1.15 bits per heavy atom. The second-order valence-corrected chi connectivity index (χ2v) is 13.1. The molecule has 0 radical (unpaired) electrons. The van der Waals surface area contributed by atoms with Gasteiger partial charge in [0, 0.05) is 12.1 Å². The van der Waals surface area contributed by atoms with Gasteiger partial charge >= 0.3 is 6.09 Å². The van der Waals surface area contributed by atoms with Gasteiger partial charge in [-0.3, -0.25) is 4.90 Å². The van der Waals surface area contributed by atoms with E-state index in [2.05, 4.69) is 32.7 Å². The Bertz CT molecular complexity index is 1080. The maximum Gasteiger partial charge on any atom is 0.410 e. The zero-order chi connectivity index (χ0) is 23.7. The van der Waals surface area contributed by atoms with Crippen LogP contribution in [0.25, 0.3) is 0 Å². The third-order valence-corrected chi connectivity index (χ3v) is 10.5. The van der Waals surface area contributed by atoms with Crippen molar-refractivity contribution in [3.05, 3.63) is 35.4 Å². The van der Waals surface area contributed by atoms with Crippen molar-refractivity contribution in [2.24, 2.45) is 5.92 Å². The van der Waals surface area contributed by atoms with Crippen LogP contribution < -0.4 is 4.72 Å². The van der Waals surface area contributed by atoms with Crippen molar-refractivity contribution in [3.63, 3.8) is 0 Å². The number of amides is 1. The number of fused-ring (bicyclic) bond motifs is 2. The van der Waals surface area contributed by atoms with Crippen LogP contribution >= 0.6 is 0 Å². The third kappa shape index (κ3) is 3.43. The summed E-state index contributed by atoms with van der Waals surface area (Å²) in [7, 11) is -3.25. The SMILES string of the molecule is CCOC(=O)N1C2CCC3CC(N4CCC5(CC[C@H](NS(C)(=O)=O)c6ccccc65)CC4)CC321. The van der Waals surface area contributed by atoms with E-state index >= 15 is 0 Å². The highest BCUT2D eigenvalue weighted by molar-refractivity contribution is 7.88. The van der Waals surface area contributed by atoms with Gasteiger partial charge in [0.05, 0.1) is 24.4 Å². The van der Waals surface area contributed by atoms with Gasteiger partial charge in [0.25, 0.3) is 0 Å². The second-order valence-electron chi connectivity index (χ2n) is 11.3. The van der Waals surface area contributed by atoms with Gasteiger partial charge in [0.15, 0.2) is 0 Å². The second kappa shape index (κ2) is 7.93. The van der Waals surface area contributed by atoms with E-state index in [-0.39, 0.29) is 23.1 Å². The first-order chi connectivity index (χ1) is 16.3. The molecule has 2 heterocycles. The number of rotatable bonds is 4. The van der Waals surface area contributed by atoms with Crippen molar-refractivity contribution < 1.29 is 17.9 Å². The molecule has 5 atom stereocenters. The van der Waals surface area contributed by atoms with Crippen LogP contribution in [0.1, 0.15) is 75.5 Å². The van der Waals surface area contributed by atoms with Crippen LogP contribution in [-0.2, 0) is 20.2 Å². The quantitative estimate of drug-likeness (QED) is 0.657. The highest BCUT2D eigenvalue weighted by atomic mass is 32.2. The molecule has 5 aliphatic rings. The van der Waals surface area contributed by atoms with Crippen molar-refractivity contribution in [1.82, 2.24) is 14.5 Å². The van der Waals surface area contributed by atoms with Crippen LogP contribution in [0.4, 0.5) is 4.79 Å². The normalized spacial score (nSPS) is 36.1. The summed E-state index contributed by atoms with van der Waals surface area (Å²) in [5.41, 5.74) is 2.73. The molecule has 6 rings (SSSR count). The number of hydrogen-bond donors (Lipinski definition) is 1. The largest absolute Gasteiger partial charge is 0.450 e. The molecule has 0 bridgehead atoms. The van der Waals surface area contributed by atoms with Crippen molar-refractivity contribution in [3.8, 4) is 0 Å². The average molecular weight is 488 g/mol. The molecule has 0 aromatic heterocycles. The molecule has 34 heavy (non-hydrogen) atoms. The number of benzene rings is 1. The first-order valence-corrected chi connectivity index (χ1v) is 14.9. The summed E-state index contributed by atoms with van der Waals surface area (Å²) < 4.78 is 32.1. The van der Waals surface area contributed by atoms with Gasteiger partial charge in [0.2, 0.25) is 10.0 Å². The van der Waals surface area contributed by atoms with Crippen LogP contribution in [0.5, 0.6) is 0 Å². The van der Waals surface area contributed by atoms with Crippen LogP contribution in [0.3, 0.4) is 0 Å². The summed E-state index contributed by atoms with van der Waals surface area (Å²) in [6, 6.07) is 9.31. The highest BCUT2D eigenvalue weighted by Gasteiger charge is 2.75. The Balaban J connectivity index is 1.15. The Morgan fingerprint density at radius 3 is 2.65 bits per heavy atom. The maximum atomic E-state index is 12.5. The van der Waals surface area contributed by atoms with Crippen molar-refractivity contribution in [2.75, 3.05) is 26.0 Å². The topological polar surface area (TPSA) is 78.7 Å². The van der Waals surface area contributed by atoms with Crippen molar-refractivity contribution in [2.45, 2.75) is 87.4 Å². The van der Waals surface area contributed by atoms with Crippen LogP contribution in [0, 0.1) is 5.92 Å². The monoisotopic (exact) mass is 487 g/mol. The van der Waals surface area contributed by atoms with Gasteiger partial charge in [0.1, 0.15) is 0 Å². The highest BCUT2D eigenvalue weighted by Crippen LogP contribution is 2.65. The van der Waals surface area contributed by atoms with Gasteiger partial charge in [-0.15, -0.1) is 0 Å². The molecule has 186 valence electrons. The van der Waals surface area contributed by atoms with E-state index in [4.69, 9.17) is 4.74 Å². The average Bonchev–Trinajstić information content (AvgIpc) is 3.07. The molecule has 1 aromatic carbocycles. The van der Waals surface area contributed by atoms with Crippen LogP contribution in [-0.4, -0.2) is 67.9 Å². The van der Waals surface area contributed by atoms with E-state index in [1.54, 1.807) is 0 Å². The molecule has 3 aliphatic carbocycles. The lowest BCUT2D eigenvalue weighted by atomic mass is 9.63. The Hall–Kier alpha value is -1.64. The van der Waals surface area contributed by atoms with E-state index < -0.39 is 10.0 Å². The van der Waals surface area contributed by atoms with Gasteiger partial charge in [-0.2, -0.15) is 0 Å². The molecular weight excluding hydrogens is 450 g/mol. The van der Waals surface area contributed by atoms with E-state index in [9.17, 15) is 13.2 Å². The molecule has 2 saturated heterocycles. The molecule has 1 aromatic rings. The lowest BCUT2D eigenvalue weighted by Crippen LogP contribution is -2.49. The molecular formula is C26H37N3O4S. The zero-order valence-electron chi connectivity index (χ0n) is 20.3. The molecule has 2 saturated carbocycles. The molecule has 7 nitrogen and oxygen atoms in total. The summed E-state index contributed by atoms with van der Waals surface area (Å²) in [5, 5.41) is 0. The van der Waals surface area contributed by atoms with Crippen molar-refractivity contribution >= 4 is 16.1 Å². The summed E-state index contributed by atoms with van der Waals surface area (Å²) >= 11 is 0. The summed E-state index contributed by atoms with van der Waals surface area (Å²) in [5.74, 6) is 0.626. The van der Waals surface area contributed by atoms with Gasteiger partial charge in [-0.25, -0.2) is 17.9 Å². The fourth-order valence-corrected chi connectivity index (χ4v) is 9.12. The number of ether oxygens (including phenoxy) is 1. The van der Waals surface area contributed by atoms with Crippen LogP contribution in [0.15, 0.2) is 24.3 Å². The van der Waals surface area contributed by atoms with Crippen molar-refractivity contribution in [1.29, 1.82) is 0 Å². The Labute approximate surface area is 203 Å². The van der Waals surface area contributed by atoms with Gasteiger partial charge in [-0.1, -0.05) is 24.3 Å². The number of likely N-dealkylation sites (tertiary alicyclic amines) is 2. The first-order valence-electron chi connectivity index (χ1n) is 13.0. The summed E-state index contributed by atoms with van der Waals surface area (Å²) in [6.07, 6.45) is 9.96. The van der Waals surface area contributed by atoms with Crippen LogP contribution in [0.2, 0.25) is 0 Å². The number of nitrogens with zero attached hydrogens (tertiary/aromatic N) is 2. The molecule has 4 fully saturated rings. The number of nitrogens with one attached hydrogen (secondary N) is 1. The predicted octanol–water partition coefficient (Wildman–Crippen LogP) is 3.56. The predicted molar refractivity (Wildman–Crippen MR) is 130 cm³/mol. The number of piperidine rings is 2. The van der Waals surface area contributed by atoms with E-state index in [0.29, 0.717) is 24.6 Å². The Kier molecular flexibility index (Phi) is 5.32. The lowest BCUT2D eigenvalue weighted by molar-refractivity contribution is 0.1000. The third-order valence-electron chi connectivity index (χ3n) is 9.80. The number of sulfonamides is 1. The number of hydrogen-bond acceptors (Lipinski definition) is 5. The summed E-state index contributed by atoms with van der Waals surface area (Å²) in [6.45, 7) is 4.49. The lowest BCUT2D eigenvalue weighted by Gasteiger charge is -2.48. The molecule has 8 heteroatoms. The fourth-order valence-electron chi connectivity index (χ4n) is 8.36. The molecule has 4 unspecified atom stereocenters. The van der Waals surface area contributed by atoms with E-state index in [0.717, 1.165) is 57.2 Å². The minimum absolute atomic E-state index is 0.0774. The number of carbonyl (C=O) groups is 1. The molecule has 2 aliphatic heterocycles. The summed E-state index contributed by atoms with van der Waals surface area (Å²) in [4.78, 5) is 17.3. The fraction of sp³-hybridized carbons (Fsp3) is 0.731. The number of carbonyl (C=O) groups excluding carboxylic acids is 1. The minimum atomic E-state index is -3.25. The zero-order valence-corrected chi connectivity index (χ0v) is 21.1.